The molecular formula is C23H27N3O2. The Morgan fingerprint density at radius 3 is 2.43 bits per heavy atom. The number of hydrogen-bond acceptors (Lipinski definition) is 3. The molecule has 2 aromatic carbocycles. The average molecular weight is 377 g/mol. The third-order valence-electron chi connectivity index (χ3n) is 5.45. The van der Waals surface area contributed by atoms with Gasteiger partial charge in [0.15, 0.2) is 0 Å². The first-order valence-corrected chi connectivity index (χ1v) is 10.2. The van der Waals surface area contributed by atoms with Gasteiger partial charge in [-0.2, -0.15) is 0 Å². The highest BCUT2D eigenvalue weighted by molar-refractivity contribution is 6.02. The Morgan fingerprint density at radius 2 is 1.71 bits per heavy atom. The molecule has 1 aliphatic carbocycles. The van der Waals surface area contributed by atoms with Crippen molar-refractivity contribution in [3.8, 4) is 0 Å². The van der Waals surface area contributed by atoms with Crippen LogP contribution in [0.3, 0.4) is 0 Å². The molecule has 0 radical (unpaired) electrons. The Labute approximate surface area is 166 Å². The molecule has 1 saturated heterocycles. The maximum absolute atomic E-state index is 13.0. The minimum atomic E-state index is -0.105. The second-order valence-electron chi connectivity index (χ2n) is 7.71. The van der Waals surface area contributed by atoms with Crippen molar-refractivity contribution in [1.82, 2.24) is 5.32 Å². The molecule has 0 aromatic heterocycles. The van der Waals surface area contributed by atoms with Crippen LogP contribution in [0.25, 0.3) is 0 Å². The van der Waals surface area contributed by atoms with Gasteiger partial charge in [-0.1, -0.05) is 30.3 Å². The molecule has 2 aromatic rings. The van der Waals surface area contributed by atoms with E-state index in [1.807, 2.05) is 48.5 Å². The fourth-order valence-electron chi connectivity index (χ4n) is 3.67. The first-order valence-electron chi connectivity index (χ1n) is 10.2. The van der Waals surface area contributed by atoms with Gasteiger partial charge in [-0.05, 0) is 55.9 Å². The molecule has 146 valence electrons. The number of rotatable bonds is 6. The molecule has 1 aliphatic heterocycles. The standard InChI is InChI=1S/C23H27N3O2/c27-22(18-9-10-18)25-19-11-12-21(26-13-5-2-6-14-26)20(15-19)23(28)24-16-17-7-3-1-4-8-17/h1,3-4,7-8,11-12,15,18H,2,5-6,9-10,13-14,16H2,(H,24,28)(H,25,27). The van der Waals surface area contributed by atoms with E-state index in [4.69, 9.17) is 0 Å². The van der Waals surface area contributed by atoms with E-state index in [9.17, 15) is 9.59 Å². The lowest BCUT2D eigenvalue weighted by molar-refractivity contribution is -0.117. The third kappa shape index (κ3) is 4.53. The van der Waals surface area contributed by atoms with E-state index in [0.29, 0.717) is 17.8 Å². The summed E-state index contributed by atoms with van der Waals surface area (Å²) in [6, 6.07) is 15.6. The Bertz CT molecular complexity index is 840. The van der Waals surface area contributed by atoms with E-state index in [1.54, 1.807) is 0 Å². The van der Waals surface area contributed by atoms with Crippen molar-refractivity contribution in [2.75, 3.05) is 23.3 Å². The summed E-state index contributed by atoms with van der Waals surface area (Å²) >= 11 is 0. The van der Waals surface area contributed by atoms with Gasteiger partial charge in [0.05, 0.1) is 5.56 Å². The van der Waals surface area contributed by atoms with Crippen LogP contribution in [0.1, 0.15) is 48.0 Å². The molecule has 0 unspecified atom stereocenters. The fraction of sp³-hybridized carbons (Fsp3) is 0.391. The summed E-state index contributed by atoms with van der Waals surface area (Å²) in [4.78, 5) is 27.4. The Kier molecular flexibility index (Phi) is 5.60. The molecule has 2 aliphatic rings. The minimum absolute atomic E-state index is 0.0568. The molecule has 2 fully saturated rings. The zero-order chi connectivity index (χ0) is 19.3. The minimum Gasteiger partial charge on any atom is -0.371 e. The third-order valence-corrected chi connectivity index (χ3v) is 5.45. The SMILES string of the molecule is O=C(NCc1ccccc1)c1cc(NC(=O)C2CC2)ccc1N1CCCCC1. The van der Waals surface area contributed by atoms with Crippen molar-refractivity contribution in [2.24, 2.45) is 5.92 Å². The van der Waals surface area contributed by atoms with Crippen LogP contribution in [0.15, 0.2) is 48.5 Å². The topological polar surface area (TPSA) is 61.4 Å². The maximum atomic E-state index is 13.0. The second kappa shape index (κ2) is 8.46. The Morgan fingerprint density at radius 1 is 0.964 bits per heavy atom. The normalized spacial score (nSPS) is 16.5. The van der Waals surface area contributed by atoms with Crippen LogP contribution in [0, 0.1) is 5.92 Å². The van der Waals surface area contributed by atoms with E-state index in [0.717, 1.165) is 50.0 Å². The van der Waals surface area contributed by atoms with Crippen molar-refractivity contribution >= 4 is 23.2 Å². The molecule has 1 saturated carbocycles. The van der Waals surface area contributed by atoms with Gasteiger partial charge < -0.3 is 15.5 Å². The van der Waals surface area contributed by atoms with Gasteiger partial charge in [0.1, 0.15) is 0 Å². The van der Waals surface area contributed by atoms with Gasteiger partial charge in [0.2, 0.25) is 5.91 Å². The highest BCUT2D eigenvalue weighted by atomic mass is 16.2. The van der Waals surface area contributed by atoms with Gasteiger partial charge in [0, 0.05) is 36.9 Å². The first kappa shape index (κ1) is 18.5. The number of amides is 2. The number of anilines is 2. The van der Waals surface area contributed by atoms with Gasteiger partial charge in [0.25, 0.3) is 5.91 Å². The summed E-state index contributed by atoms with van der Waals surface area (Å²) in [5.41, 5.74) is 3.34. The van der Waals surface area contributed by atoms with E-state index in [2.05, 4.69) is 15.5 Å². The molecule has 1 heterocycles. The van der Waals surface area contributed by atoms with Crippen LogP contribution in [0.2, 0.25) is 0 Å². The second-order valence-corrected chi connectivity index (χ2v) is 7.71. The van der Waals surface area contributed by atoms with Crippen molar-refractivity contribution in [2.45, 2.75) is 38.6 Å². The summed E-state index contributed by atoms with van der Waals surface area (Å²) in [5, 5.41) is 6.00. The molecule has 0 bridgehead atoms. The molecular weight excluding hydrogens is 350 g/mol. The maximum Gasteiger partial charge on any atom is 0.253 e. The predicted octanol–water partition coefficient (Wildman–Crippen LogP) is 3.96. The van der Waals surface area contributed by atoms with Crippen LogP contribution in [0.5, 0.6) is 0 Å². The molecule has 4 rings (SSSR count). The van der Waals surface area contributed by atoms with Crippen LogP contribution < -0.4 is 15.5 Å². The summed E-state index contributed by atoms with van der Waals surface area (Å²) in [6.45, 7) is 2.41. The van der Waals surface area contributed by atoms with Gasteiger partial charge in [-0.15, -0.1) is 0 Å². The molecule has 2 N–H and O–H groups in total. The number of benzene rings is 2. The molecule has 5 heteroatoms. The lowest BCUT2D eigenvalue weighted by Crippen LogP contribution is -2.32. The zero-order valence-corrected chi connectivity index (χ0v) is 16.1. The van der Waals surface area contributed by atoms with Gasteiger partial charge in [-0.3, -0.25) is 9.59 Å². The Balaban J connectivity index is 1.54. The van der Waals surface area contributed by atoms with Crippen molar-refractivity contribution in [1.29, 1.82) is 0 Å². The number of nitrogens with one attached hydrogen (secondary N) is 2. The molecule has 28 heavy (non-hydrogen) atoms. The zero-order valence-electron chi connectivity index (χ0n) is 16.1. The highest BCUT2D eigenvalue weighted by Crippen LogP contribution is 2.32. The molecule has 5 nitrogen and oxygen atoms in total. The number of hydrogen-bond donors (Lipinski definition) is 2. The van der Waals surface area contributed by atoms with Crippen molar-refractivity contribution in [3.63, 3.8) is 0 Å². The van der Waals surface area contributed by atoms with Gasteiger partial charge >= 0.3 is 0 Å². The molecule has 2 amide bonds. The lowest BCUT2D eigenvalue weighted by atomic mass is 10.1. The summed E-state index contributed by atoms with van der Waals surface area (Å²) in [5.74, 6) is 0.0884. The van der Waals surface area contributed by atoms with E-state index in [-0.39, 0.29) is 17.7 Å². The van der Waals surface area contributed by atoms with E-state index >= 15 is 0 Å². The summed E-state index contributed by atoms with van der Waals surface area (Å²) in [6.07, 6.45) is 5.45. The largest absolute Gasteiger partial charge is 0.371 e. The molecule has 0 atom stereocenters. The lowest BCUT2D eigenvalue weighted by Gasteiger charge is -2.30. The Hall–Kier alpha value is -2.82. The number of nitrogens with zero attached hydrogens (tertiary/aromatic N) is 1. The average Bonchev–Trinajstić information content (AvgIpc) is 3.59. The van der Waals surface area contributed by atoms with Crippen LogP contribution >= 0.6 is 0 Å². The monoisotopic (exact) mass is 377 g/mol. The smallest absolute Gasteiger partial charge is 0.253 e. The van der Waals surface area contributed by atoms with Gasteiger partial charge in [-0.25, -0.2) is 0 Å². The predicted molar refractivity (Wildman–Crippen MR) is 111 cm³/mol. The van der Waals surface area contributed by atoms with Crippen LogP contribution in [-0.2, 0) is 11.3 Å². The van der Waals surface area contributed by atoms with Crippen LogP contribution in [0.4, 0.5) is 11.4 Å². The fourth-order valence-corrected chi connectivity index (χ4v) is 3.67. The van der Waals surface area contributed by atoms with Crippen molar-refractivity contribution in [3.05, 3.63) is 59.7 Å². The quantitative estimate of drug-likeness (QED) is 0.801. The van der Waals surface area contributed by atoms with Crippen LogP contribution in [-0.4, -0.2) is 24.9 Å². The number of piperidine rings is 1. The number of carbonyl (C=O) groups is 2. The van der Waals surface area contributed by atoms with E-state index in [1.165, 1.54) is 6.42 Å². The molecule has 0 spiro atoms. The van der Waals surface area contributed by atoms with E-state index < -0.39 is 0 Å². The summed E-state index contributed by atoms with van der Waals surface area (Å²) in [7, 11) is 0. The first-order chi connectivity index (χ1) is 13.7. The number of carbonyl (C=O) groups excluding carboxylic acids is 2. The highest BCUT2D eigenvalue weighted by Gasteiger charge is 2.30. The summed E-state index contributed by atoms with van der Waals surface area (Å²) < 4.78 is 0. The van der Waals surface area contributed by atoms with Crippen molar-refractivity contribution < 1.29 is 9.59 Å².